The number of benzene rings is 1. The van der Waals surface area contributed by atoms with Gasteiger partial charge < -0.3 is 15.6 Å². The molecule has 0 aliphatic rings. The van der Waals surface area contributed by atoms with Gasteiger partial charge in [-0.3, -0.25) is 9.69 Å². The van der Waals surface area contributed by atoms with E-state index >= 15 is 0 Å². The lowest BCUT2D eigenvalue weighted by molar-refractivity contribution is -0.138. The van der Waals surface area contributed by atoms with Gasteiger partial charge in [0.05, 0.1) is 0 Å². The first-order valence-electron chi connectivity index (χ1n) is 7.33. The minimum Gasteiger partial charge on any atom is -0.480 e. The summed E-state index contributed by atoms with van der Waals surface area (Å²) < 4.78 is 5.23. The molecule has 0 saturated carbocycles. The molecule has 3 N–H and O–H groups in total. The fourth-order valence-electron chi connectivity index (χ4n) is 1.72. The Hall–Kier alpha value is -1.73. The molecule has 0 aliphatic heterocycles. The molecule has 0 heterocycles. The molecule has 1 aromatic rings. The van der Waals surface area contributed by atoms with Crippen LogP contribution in [0.4, 0.5) is 4.79 Å². The predicted octanol–water partition coefficient (Wildman–Crippen LogP) is 2.56. The van der Waals surface area contributed by atoms with Crippen LogP contribution in [0.5, 0.6) is 0 Å². The van der Waals surface area contributed by atoms with E-state index in [9.17, 15) is 9.59 Å². The second-order valence-electron chi connectivity index (χ2n) is 5.99. The van der Waals surface area contributed by atoms with E-state index in [1.807, 2.05) is 24.3 Å². The first-order valence-corrected chi connectivity index (χ1v) is 8.31. The highest BCUT2D eigenvalue weighted by molar-refractivity contribution is 7.99. The average Bonchev–Trinajstić information content (AvgIpc) is 2.44. The molecule has 1 aromatic carbocycles. The molecule has 0 atom stereocenters. The first kappa shape index (κ1) is 19.3. The van der Waals surface area contributed by atoms with Crippen molar-refractivity contribution in [2.24, 2.45) is 5.73 Å². The molecule has 1 rings (SSSR count). The van der Waals surface area contributed by atoms with E-state index in [-0.39, 0.29) is 6.54 Å². The van der Waals surface area contributed by atoms with Gasteiger partial charge in [0.15, 0.2) is 0 Å². The average molecular weight is 340 g/mol. The first-order chi connectivity index (χ1) is 10.7. The number of rotatable bonds is 7. The summed E-state index contributed by atoms with van der Waals surface area (Å²) >= 11 is 1.55. The zero-order valence-corrected chi connectivity index (χ0v) is 14.6. The van der Waals surface area contributed by atoms with Gasteiger partial charge in [-0.15, -0.1) is 11.8 Å². The predicted molar refractivity (Wildman–Crippen MR) is 90.5 cm³/mol. The normalized spacial score (nSPS) is 11.1. The molecule has 128 valence electrons. The van der Waals surface area contributed by atoms with Crippen molar-refractivity contribution in [3.63, 3.8) is 0 Å². The second-order valence-corrected chi connectivity index (χ2v) is 7.16. The maximum atomic E-state index is 12.0. The zero-order valence-electron chi connectivity index (χ0n) is 13.7. The summed E-state index contributed by atoms with van der Waals surface area (Å²) in [4.78, 5) is 25.2. The van der Waals surface area contributed by atoms with Gasteiger partial charge in [0, 0.05) is 23.7 Å². The van der Waals surface area contributed by atoms with Crippen LogP contribution in [0.25, 0.3) is 0 Å². The Bertz CT molecular complexity index is 526. The van der Waals surface area contributed by atoms with Gasteiger partial charge in [0.1, 0.15) is 12.1 Å². The summed E-state index contributed by atoms with van der Waals surface area (Å²) in [5, 5.41) is 8.94. The molecule has 0 saturated heterocycles. The van der Waals surface area contributed by atoms with Crippen LogP contribution in [0, 0.1) is 0 Å². The fourth-order valence-corrected chi connectivity index (χ4v) is 2.60. The van der Waals surface area contributed by atoms with Crippen LogP contribution in [0.15, 0.2) is 29.2 Å². The van der Waals surface area contributed by atoms with Crippen molar-refractivity contribution >= 4 is 23.8 Å². The standard InChI is InChI=1S/C16H24N2O4S/c1-16(2,3)22-15(21)18(11-14(19)20)8-9-23-13-6-4-12(10-17)5-7-13/h4-7H,8-11,17H2,1-3H3,(H,19,20). The zero-order chi connectivity index (χ0) is 17.5. The highest BCUT2D eigenvalue weighted by atomic mass is 32.2. The number of carboxylic acid groups (broad SMARTS) is 1. The summed E-state index contributed by atoms with van der Waals surface area (Å²) in [6.07, 6.45) is -0.612. The van der Waals surface area contributed by atoms with Crippen LogP contribution < -0.4 is 5.73 Å². The maximum absolute atomic E-state index is 12.0. The SMILES string of the molecule is CC(C)(C)OC(=O)N(CCSc1ccc(CN)cc1)CC(=O)O. The number of thioether (sulfide) groups is 1. The van der Waals surface area contributed by atoms with Gasteiger partial charge in [0.2, 0.25) is 0 Å². The number of hydrogen-bond donors (Lipinski definition) is 2. The number of carboxylic acids is 1. The van der Waals surface area contributed by atoms with Gasteiger partial charge in [-0.2, -0.15) is 0 Å². The van der Waals surface area contributed by atoms with Crippen LogP contribution in [0.3, 0.4) is 0 Å². The molecule has 7 heteroatoms. The van der Waals surface area contributed by atoms with Crippen molar-refractivity contribution in [2.45, 2.75) is 37.8 Å². The lowest BCUT2D eigenvalue weighted by Crippen LogP contribution is -2.41. The molecular formula is C16H24N2O4S. The smallest absolute Gasteiger partial charge is 0.410 e. The Morgan fingerprint density at radius 2 is 1.87 bits per heavy atom. The second kappa shape index (κ2) is 8.79. The molecule has 0 radical (unpaired) electrons. The molecule has 0 aliphatic carbocycles. The quantitative estimate of drug-likeness (QED) is 0.741. The Labute approximate surface area is 141 Å². The lowest BCUT2D eigenvalue weighted by Gasteiger charge is -2.26. The molecule has 23 heavy (non-hydrogen) atoms. The maximum Gasteiger partial charge on any atom is 0.410 e. The molecule has 0 unspecified atom stereocenters. The van der Waals surface area contributed by atoms with E-state index in [0.29, 0.717) is 18.8 Å². The van der Waals surface area contributed by atoms with E-state index in [0.717, 1.165) is 10.5 Å². The van der Waals surface area contributed by atoms with E-state index in [4.69, 9.17) is 15.6 Å². The monoisotopic (exact) mass is 340 g/mol. The Balaban J connectivity index is 2.56. The Morgan fingerprint density at radius 1 is 1.26 bits per heavy atom. The Morgan fingerprint density at radius 3 is 2.35 bits per heavy atom. The summed E-state index contributed by atoms with van der Waals surface area (Å²) in [5.41, 5.74) is 5.95. The van der Waals surface area contributed by atoms with Gasteiger partial charge in [-0.25, -0.2) is 4.79 Å². The topological polar surface area (TPSA) is 92.9 Å². The Kier molecular flexibility index (Phi) is 7.38. The highest BCUT2D eigenvalue weighted by Crippen LogP contribution is 2.19. The summed E-state index contributed by atoms with van der Waals surface area (Å²) in [7, 11) is 0. The largest absolute Gasteiger partial charge is 0.480 e. The fraction of sp³-hybridized carbons (Fsp3) is 0.500. The number of hydrogen-bond acceptors (Lipinski definition) is 5. The summed E-state index contributed by atoms with van der Waals surface area (Å²) in [6.45, 7) is 5.66. The van der Waals surface area contributed by atoms with Crippen molar-refractivity contribution in [3.8, 4) is 0 Å². The molecule has 1 amide bonds. The summed E-state index contributed by atoms with van der Waals surface area (Å²) in [5.74, 6) is -0.484. The van der Waals surface area contributed by atoms with E-state index < -0.39 is 17.7 Å². The third-order valence-electron chi connectivity index (χ3n) is 2.77. The van der Waals surface area contributed by atoms with Gasteiger partial charge >= 0.3 is 12.1 Å². The lowest BCUT2D eigenvalue weighted by atomic mass is 10.2. The van der Waals surface area contributed by atoms with Crippen molar-refractivity contribution in [3.05, 3.63) is 29.8 Å². The molecule has 6 nitrogen and oxygen atoms in total. The van der Waals surface area contributed by atoms with Crippen LogP contribution >= 0.6 is 11.8 Å². The van der Waals surface area contributed by atoms with Crippen LogP contribution in [0.2, 0.25) is 0 Å². The molecule has 0 spiro atoms. The molecule has 0 aromatic heterocycles. The number of ether oxygens (including phenoxy) is 1. The van der Waals surface area contributed by atoms with Crippen molar-refractivity contribution in [1.82, 2.24) is 4.90 Å². The van der Waals surface area contributed by atoms with E-state index in [2.05, 4.69) is 0 Å². The van der Waals surface area contributed by atoms with E-state index in [1.54, 1.807) is 32.5 Å². The number of carbonyl (C=O) groups excluding carboxylic acids is 1. The molecule has 0 bridgehead atoms. The third-order valence-corrected chi connectivity index (χ3v) is 3.76. The number of amides is 1. The van der Waals surface area contributed by atoms with Crippen LogP contribution in [-0.4, -0.2) is 46.5 Å². The minimum atomic E-state index is -1.06. The van der Waals surface area contributed by atoms with Gasteiger partial charge in [-0.1, -0.05) is 12.1 Å². The number of carbonyl (C=O) groups is 2. The number of aliphatic carboxylic acids is 1. The van der Waals surface area contributed by atoms with Crippen LogP contribution in [0.1, 0.15) is 26.3 Å². The van der Waals surface area contributed by atoms with Crippen molar-refractivity contribution < 1.29 is 19.4 Å². The van der Waals surface area contributed by atoms with Crippen molar-refractivity contribution in [1.29, 1.82) is 0 Å². The highest BCUT2D eigenvalue weighted by Gasteiger charge is 2.23. The van der Waals surface area contributed by atoms with Crippen LogP contribution in [-0.2, 0) is 16.1 Å². The van der Waals surface area contributed by atoms with E-state index in [1.165, 1.54) is 4.90 Å². The summed E-state index contributed by atoms with van der Waals surface area (Å²) in [6, 6.07) is 7.82. The van der Waals surface area contributed by atoms with Crippen molar-refractivity contribution in [2.75, 3.05) is 18.8 Å². The van der Waals surface area contributed by atoms with Gasteiger partial charge in [0.25, 0.3) is 0 Å². The number of nitrogens with two attached hydrogens (primary N) is 1. The minimum absolute atomic E-state index is 0.296. The third kappa shape index (κ3) is 7.90. The number of nitrogens with zero attached hydrogens (tertiary/aromatic N) is 1. The molecular weight excluding hydrogens is 316 g/mol. The molecule has 0 fully saturated rings. The van der Waals surface area contributed by atoms with Gasteiger partial charge in [-0.05, 0) is 38.5 Å².